The Labute approximate surface area is 178 Å². The molecule has 0 amide bonds. The second kappa shape index (κ2) is 7.76. The lowest BCUT2D eigenvalue weighted by molar-refractivity contribution is -0.136. The summed E-state index contributed by atoms with van der Waals surface area (Å²) in [5, 5.41) is 19.9. The molecule has 0 aliphatic rings. The van der Waals surface area contributed by atoms with Crippen LogP contribution in [0.15, 0.2) is 30.3 Å². The molecule has 0 unspecified atom stereocenters. The van der Waals surface area contributed by atoms with Gasteiger partial charge in [0.25, 0.3) is 5.91 Å². The van der Waals surface area contributed by atoms with Crippen LogP contribution in [-0.2, 0) is 17.6 Å². The molecule has 0 saturated carbocycles. The van der Waals surface area contributed by atoms with Gasteiger partial charge >= 0.3 is 5.97 Å². The van der Waals surface area contributed by atoms with Crippen molar-refractivity contribution in [2.75, 3.05) is 0 Å². The van der Waals surface area contributed by atoms with E-state index >= 15 is 0 Å². The maximum Gasteiger partial charge on any atom is 0.307 e. The van der Waals surface area contributed by atoms with Crippen LogP contribution in [0.4, 0.5) is 4.39 Å². The number of rotatable bonds is 4. The lowest BCUT2D eigenvalue weighted by atomic mass is 9.86. The van der Waals surface area contributed by atoms with Gasteiger partial charge in [-0.2, -0.15) is 0 Å². The van der Waals surface area contributed by atoms with Gasteiger partial charge in [0.2, 0.25) is 0 Å². The van der Waals surface area contributed by atoms with Crippen molar-refractivity contribution in [3.8, 4) is 5.75 Å². The minimum absolute atomic E-state index is 0.111. The molecule has 0 fully saturated rings. The lowest BCUT2D eigenvalue weighted by Crippen LogP contribution is -2.19. The summed E-state index contributed by atoms with van der Waals surface area (Å²) >= 11 is 6.16. The number of benzene rings is 2. The molecule has 3 rings (SSSR count). The summed E-state index contributed by atoms with van der Waals surface area (Å²) in [4.78, 5) is 25.0. The van der Waals surface area contributed by atoms with E-state index in [4.69, 9.17) is 11.6 Å². The normalized spacial score (nSPS) is 11.8. The fourth-order valence-electron chi connectivity index (χ4n) is 3.73. The molecule has 0 atom stereocenters. The Morgan fingerprint density at radius 1 is 1.17 bits per heavy atom. The third-order valence-electron chi connectivity index (χ3n) is 4.95. The van der Waals surface area contributed by atoms with Crippen molar-refractivity contribution in [3.05, 3.63) is 63.6 Å². The molecule has 30 heavy (non-hydrogen) atoms. The number of aromatic hydroxyl groups is 1. The van der Waals surface area contributed by atoms with Crippen LogP contribution in [0.3, 0.4) is 0 Å². The van der Waals surface area contributed by atoms with Crippen molar-refractivity contribution in [2.45, 2.75) is 40.5 Å². The molecule has 2 aromatic carbocycles. The number of aromatic nitrogens is 1. The topological polar surface area (TPSA) is 79.5 Å². The maximum atomic E-state index is 14.1. The zero-order valence-corrected chi connectivity index (χ0v) is 18.0. The summed E-state index contributed by atoms with van der Waals surface area (Å²) in [5.74, 6) is -2.98. The first-order valence-electron chi connectivity index (χ1n) is 9.46. The Kier molecular flexibility index (Phi) is 5.65. The zero-order chi connectivity index (χ0) is 22.4. The lowest BCUT2D eigenvalue weighted by Gasteiger charge is -2.21. The van der Waals surface area contributed by atoms with E-state index in [9.17, 15) is 24.2 Å². The van der Waals surface area contributed by atoms with Crippen LogP contribution in [0.5, 0.6) is 5.75 Å². The SMILES string of the molecule is Cc1c(CC(=O)O)c2cc(O)c(F)cc2n1C(=O)c1ccc(Cl)cc1CC(C)(C)C. The van der Waals surface area contributed by atoms with Crippen molar-refractivity contribution in [3.63, 3.8) is 0 Å². The molecule has 3 aromatic rings. The Hall–Kier alpha value is -2.86. The minimum atomic E-state index is -1.09. The van der Waals surface area contributed by atoms with Crippen LogP contribution in [-0.4, -0.2) is 26.7 Å². The predicted octanol–water partition coefficient (Wildman–Crippen LogP) is 5.35. The van der Waals surface area contributed by atoms with Crippen molar-refractivity contribution in [2.24, 2.45) is 5.41 Å². The van der Waals surface area contributed by atoms with Crippen LogP contribution in [0.25, 0.3) is 10.9 Å². The van der Waals surface area contributed by atoms with Crippen molar-refractivity contribution < 1.29 is 24.2 Å². The van der Waals surface area contributed by atoms with Crippen molar-refractivity contribution in [1.29, 1.82) is 0 Å². The summed E-state index contributed by atoms with van der Waals surface area (Å²) in [6, 6.07) is 7.21. The first-order chi connectivity index (χ1) is 13.9. The number of carbonyl (C=O) groups excluding carboxylic acids is 1. The number of aliphatic carboxylic acids is 1. The molecule has 0 aliphatic carbocycles. The van der Waals surface area contributed by atoms with Gasteiger partial charge in [0.1, 0.15) is 0 Å². The number of phenols is 1. The summed E-state index contributed by atoms with van der Waals surface area (Å²) in [7, 11) is 0. The number of carboxylic acid groups (broad SMARTS) is 1. The smallest absolute Gasteiger partial charge is 0.307 e. The Morgan fingerprint density at radius 3 is 2.43 bits per heavy atom. The Bertz CT molecular complexity index is 1170. The molecule has 1 aromatic heterocycles. The van der Waals surface area contributed by atoms with Crippen molar-refractivity contribution in [1.82, 2.24) is 4.57 Å². The van der Waals surface area contributed by atoms with E-state index in [1.54, 1.807) is 25.1 Å². The monoisotopic (exact) mass is 431 g/mol. The number of carbonyl (C=O) groups is 2. The van der Waals surface area contributed by atoms with Gasteiger partial charge in [-0.25, -0.2) is 4.39 Å². The first-order valence-corrected chi connectivity index (χ1v) is 9.84. The van der Waals surface area contributed by atoms with Gasteiger partial charge in [-0.3, -0.25) is 14.2 Å². The minimum Gasteiger partial charge on any atom is -0.505 e. The highest BCUT2D eigenvalue weighted by atomic mass is 35.5. The zero-order valence-electron chi connectivity index (χ0n) is 17.2. The van der Waals surface area contributed by atoms with Crippen LogP contribution >= 0.6 is 11.6 Å². The van der Waals surface area contributed by atoms with Gasteiger partial charge in [-0.15, -0.1) is 0 Å². The third-order valence-corrected chi connectivity index (χ3v) is 5.19. The van der Waals surface area contributed by atoms with Crippen LogP contribution in [0.1, 0.15) is 48.0 Å². The maximum absolute atomic E-state index is 14.1. The Morgan fingerprint density at radius 2 is 1.83 bits per heavy atom. The number of halogens is 2. The highest BCUT2D eigenvalue weighted by Crippen LogP contribution is 2.33. The highest BCUT2D eigenvalue weighted by molar-refractivity contribution is 6.30. The largest absolute Gasteiger partial charge is 0.505 e. The number of hydrogen-bond acceptors (Lipinski definition) is 3. The van der Waals surface area contributed by atoms with E-state index < -0.39 is 23.4 Å². The quantitative estimate of drug-likeness (QED) is 0.583. The third kappa shape index (κ3) is 4.19. The van der Waals surface area contributed by atoms with E-state index in [2.05, 4.69) is 0 Å². The summed E-state index contributed by atoms with van der Waals surface area (Å²) in [6.45, 7) is 7.75. The molecule has 0 bridgehead atoms. The van der Waals surface area contributed by atoms with E-state index in [0.717, 1.165) is 17.7 Å². The van der Waals surface area contributed by atoms with Crippen LogP contribution in [0.2, 0.25) is 5.02 Å². The van der Waals surface area contributed by atoms with E-state index in [-0.39, 0.29) is 17.4 Å². The second-order valence-corrected chi connectivity index (χ2v) is 9.07. The van der Waals surface area contributed by atoms with E-state index in [1.807, 2.05) is 20.8 Å². The molecule has 2 N–H and O–H groups in total. The summed E-state index contributed by atoms with van der Waals surface area (Å²) in [5.41, 5.74) is 2.00. The summed E-state index contributed by atoms with van der Waals surface area (Å²) in [6.07, 6.45) is 0.229. The molecule has 0 spiro atoms. The molecular formula is C23H23ClFNO4. The van der Waals surface area contributed by atoms with Gasteiger partial charge < -0.3 is 10.2 Å². The molecule has 5 nitrogen and oxygen atoms in total. The van der Waals surface area contributed by atoms with E-state index in [1.165, 1.54) is 4.57 Å². The number of carboxylic acids is 1. The van der Waals surface area contributed by atoms with Gasteiger partial charge in [0.05, 0.1) is 11.9 Å². The Balaban J connectivity index is 2.27. The first kappa shape index (κ1) is 21.8. The average molecular weight is 432 g/mol. The van der Waals surface area contributed by atoms with Gasteiger partial charge in [0, 0.05) is 27.7 Å². The van der Waals surface area contributed by atoms with Crippen molar-refractivity contribution >= 4 is 34.4 Å². The molecule has 158 valence electrons. The fraction of sp³-hybridized carbons (Fsp3) is 0.304. The average Bonchev–Trinajstić information content (AvgIpc) is 2.85. The predicted molar refractivity (Wildman–Crippen MR) is 114 cm³/mol. The van der Waals surface area contributed by atoms with E-state index in [0.29, 0.717) is 33.7 Å². The van der Waals surface area contributed by atoms with Gasteiger partial charge in [-0.1, -0.05) is 32.4 Å². The van der Waals surface area contributed by atoms with Gasteiger partial charge in [-0.05, 0) is 54.2 Å². The molecule has 1 heterocycles. The molecule has 0 aliphatic heterocycles. The molecule has 0 radical (unpaired) electrons. The number of fused-ring (bicyclic) bond motifs is 1. The van der Waals surface area contributed by atoms with Gasteiger partial charge in [0.15, 0.2) is 11.6 Å². The number of phenolic OH excluding ortho intramolecular Hbond substituents is 1. The second-order valence-electron chi connectivity index (χ2n) is 8.63. The molecule has 0 saturated heterocycles. The molecule has 7 heteroatoms. The number of hydrogen-bond donors (Lipinski definition) is 2. The number of nitrogens with zero attached hydrogens (tertiary/aromatic N) is 1. The molecular weight excluding hydrogens is 409 g/mol. The highest BCUT2D eigenvalue weighted by Gasteiger charge is 2.25. The van der Waals surface area contributed by atoms with Crippen LogP contribution in [0, 0.1) is 18.2 Å². The standard InChI is InChI=1S/C23H23ClFNO4/c1-12-16(9-21(28)29)17-8-20(27)18(25)10-19(17)26(12)22(30)15-6-5-14(24)7-13(15)11-23(2,3)4/h5-8,10,27H,9,11H2,1-4H3,(H,28,29). The summed E-state index contributed by atoms with van der Waals surface area (Å²) < 4.78 is 15.5. The van der Waals surface area contributed by atoms with Crippen LogP contribution < -0.4 is 0 Å². The fourth-order valence-corrected chi connectivity index (χ4v) is 3.93.